The number of fused-ring (bicyclic) bond motifs is 3. The van der Waals surface area contributed by atoms with Crippen LogP contribution in [0.3, 0.4) is 0 Å². The Hall–Kier alpha value is -3.80. The number of ether oxygens (including phenoxy) is 2. The highest BCUT2D eigenvalue weighted by molar-refractivity contribution is 6.07. The Morgan fingerprint density at radius 1 is 0.875 bits per heavy atom. The summed E-state index contributed by atoms with van der Waals surface area (Å²) in [5.74, 6) is 0.252. The fourth-order valence-corrected chi connectivity index (χ4v) is 3.90. The van der Waals surface area contributed by atoms with Crippen LogP contribution in [0.4, 0.5) is 5.69 Å². The molecule has 1 aromatic heterocycles. The minimum absolute atomic E-state index is 0.0419. The number of aromatic nitrogens is 1. The van der Waals surface area contributed by atoms with E-state index in [1.807, 2.05) is 36.4 Å². The number of amides is 1. The Labute approximate surface area is 187 Å². The number of nitrogens with zero attached hydrogens (tertiary/aromatic N) is 2. The fraction of sp³-hybridized carbons (Fsp3) is 0.231. The van der Waals surface area contributed by atoms with Gasteiger partial charge in [0.1, 0.15) is 12.4 Å². The third kappa shape index (κ3) is 4.44. The van der Waals surface area contributed by atoms with Crippen LogP contribution in [0, 0.1) is 0 Å². The van der Waals surface area contributed by atoms with E-state index in [2.05, 4.69) is 28.8 Å². The van der Waals surface area contributed by atoms with E-state index >= 15 is 0 Å². The van der Waals surface area contributed by atoms with Crippen molar-refractivity contribution in [3.8, 4) is 5.75 Å². The molecule has 0 fully saturated rings. The first-order valence-corrected chi connectivity index (χ1v) is 10.5. The lowest BCUT2D eigenvalue weighted by Crippen LogP contribution is -2.29. The monoisotopic (exact) mass is 430 g/mol. The van der Waals surface area contributed by atoms with Gasteiger partial charge in [-0.15, -0.1) is 0 Å². The van der Waals surface area contributed by atoms with E-state index in [-0.39, 0.29) is 18.5 Å². The number of benzene rings is 3. The molecule has 0 radical (unpaired) electrons. The third-order valence-electron chi connectivity index (χ3n) is 5.53. The zero-order valence-electron chi connectivity index (χ0n) is 18.4. The summed E-state index contributed by atoms with van der Waals surface area (Å²) in [7, 11) is 1.72. The highest BCUT2D eigenvalue weighted by atomic mass is 16.6. The Kier molecular flexibility index (Phi) is 6.12. The number of hydrogen-bond donors (Lipinski definition) is 0. The number of carbonyl (C=O) groups excluding carboxylic acids is 2. The summed E-state index contributed by atoms with van der Waals surface area (Å²) < 4.78 is 13.7. The van der Waals surface area contributed by atoms with Gasteiger partial charge < -0.3 is 18.9 Å². The smallest absolute Gasteiger partial charge is 0.303 e. The predicted molar refractivity (Wildman–Crippen MR) is 126 cm³/mol. The van der Waals surface area contributed by atoms with E-state index in [1.165, 1.54) is 13.8 Å². The maximum atomic E-state index is 11.8. The first-order valence-electron chi connectivity index (χ1n) is 10.5. The molecule has 164 valence electrons. The fourth-order valence-electron chi connectivity index (χ4n) is 3.90. The summed E-state index contributed by atoms with van der Waals surface area (Å²) >= 11 is 0. The van der Waals surface area contributed by atoms with Crippen molar-refractivity contribution in [1.82, 2.24) is 4.57 Å². The lowest BCUT2D eigenvalue weighted by molar-refractivity contribution is -0.148. The molecular formula is C26H26N2O4. The molecule has 1 heterocycles. The lowest BCUT2D eigenvalue weighted by Gasteiger charge is -2.20. The van der Waals surface area contributed by atoms with Crippen molar-refractivity contribution >= 4 is 39.4 Å². The molecule has 1 unspecified atom stereocenters. The van der Waals surface area contributed by atoms with E-state index in [0.717, 1.165) is 27.5 Å². The molecule has 6 heteroatoms. The summed E-state index contributed by atoms with van der Waals surface area (Å²) in [6, 6.07) is 23.7. The topological polar surface area (TPSA) is 60.8 Å². The molecule has 0 aliphatic heterocycles. The number of anilines is 1. The molecule has 4 aromatic rings. The van der Waals surface area contributed by atoms with Gasteiger partial charge in [0.25, 0.3) is 0 Å². The highest BCUT2D eigenvalue weighted by Crippen LogP contribution is 2.29. The van der Waals surface area contributed by atoms with Crippen molar-refractivity contribution in [1.29, 1.82) is 0 Å². The average Bonchev–Trinajstić information content (AvgIpc) is 3.11. The van der Waals surface area contributed by atoms with Crippen molar-refractivity contribution in [3.05, 3.63) is 72.8 Å². The van der Waals surface area contributed by atoms with Crippen LogP contribution in [0.2, 0.25) is 0 Å². The van der Waals surface area contributed by atoms with Crippen molar-refractivity contribution in [2.24, 2.45) is 0 Å². The lowest BCUT2D eigenvalue weighted by atomic mass is 10.2. The first kappa shape index (κ1) is 21.4. The number of rotatable bonds is 7. The molecule has 0 bridgehead atoms. The average molecular weight is 431 g/mol. The maximum absolute atomic E-state index is 11.8. The second-order valence-corrected chi connectivity index (χ2v) is 7.76. The highest BCUT2D eigenvalue weighted by Gasteiger charge is 2.18. The van der Waals surface area contributed by atoms with Crippen molar-refractivity contribution in [2.45, 2.75) is 26.5 Å². The van der Waals surface area contributed by atoms with Gasteiger partial charge in [-0.05, 0) is 36.4 Å². The van der Waals surface area contributed by atoms with Crippen LogP contribution >= 0.6 is 0 Å². The van der Waals surface area contributed by atoms with Gasteiger partial charge in [0.05, 0.1) is 6.54 Å². The summed E-state index contributed by atoms with van der Waals surface area (Å²) in [6.07, 6.45) is -0.466. The normalized spacial score (nSPS) is 12.0. The van der Waals surface area contributed by atoms with Crippen LogP contribution in [0.5, 0.6) is 5.75 Å². The minimum atomic E-state index is -0.466. The van der Waals surface area contributed by atoms with E-state index < -0.39 is 6.10 Å². The van der Waals surface area contributed by atoms with Crippen molar-refractivity contribution in [3.63, 3.8) is 0 Å². The van der Waals surface area contributed by atoms with Crippen LogP contribution < -0.4 is 9.64 Å². The third-order valence-corrected chi connectivity index (χ3v) is 5.53. The van der Waals surface area contributed by atoms with Crippen molar-refractivity contribution in [2.75, 3.05) is 18.6 Å². The van der Waals surface area contributed by atoms with Crippen molar-refractivity contribution < 1.29 is 19.1 Å². The molecule has 6 nitrogen and oxygen atoms in total. The maximum Gasteiger partial charge on any atom is 0.303 e. The van der Waals surface area contributed by atoms with Gasteiger partial charge in [-0.3, -0.25) is 9.59 Å². The van der Waals surface area contributed by atoms with Crippen LogP contribution in [0.25, 0.3) is 21.8 Å². The van der Waals surface area contributed by atoms with E-state index in [9.17, 15) is 9.59 Å². The largest absolute Gasteiger partial charge is 0.490 e. The molecule has 32 heavy (non-hydrogen) atoms. The Morgan fingerprint density at radius 2 is 1.44 bits per heavy atom. The van der Waals surface area contributed by atoms with Crippen LogP contribution in [-0.2, 0) is 20.9 Å². The van der Waals surface area contributed by atoms with Gasteiger partial charge >= 0.3 is 5.97 Å². The summed E-state index contributed by atoms with van der Waals surface area (Å²) in [4.78, 5) is 24.9. The molecule has 1 amide bonds. The van der Waals surface area contributed by atoms with Gasteiger partial charge in [-0.2, -0.15) is 0 Å². The van der Waals surface area contributed by atoms with E-state index in [1.54, 1.807) is 24.1 Å². The second kappa shape index (κ2) is 9.14. The zero-order valence-corrected chi connectivity index (χ0v) is 18.4. The van der Waals surface area contributed by atoms with Crippen LogP contribution in [-0.4, -0.2) is 36.2 Å². The van der Waals surface area contributed by atoms with Gasteiger partial charge in [-0.1, -0.05) is 36.4 Å². The Morgan fingerprint density at radius 3 is 1.97 bits per heavy atom. The Bertz CT molecular complexity index is 1210. The first-order chi connectivity index (χ1) is 15.4. The molecular weight excluding hydrogens is 404 g/mol. The standard InChI is InChI=1S/C26H26N2O4/c1-18(29)27(3)20-12-14-21(15-13-20)31-17-22(32-19(2)30)16-28-25-10-6-4-8-23(25)24-9-5-7-11-26(24)28/h4-15,22H,16-17H2,1-3H3. The number of para-hydroxylation sites is 2. The molecule has 0 saturated heterocycles. The van der Waals surface area contributed by atoms with Crippen LogP contribution in [0.15, 0.2) is 72.8 Å². The van der Waals surface area contributed by atoms with Gasteiger partial charge in [0.2, 0.25) is 5.91 Å². The van der Waals surface area contributed by atoms with E-state index in [0.29, 0.717) is 12.3 Å². The summed E-state index contributed by atoms with van der Waals surface area (Å²) in [6.45, 7) is 3.61. The number of esters is 1. The molecule has 0 spiro atoms. The second-order valence-electron chi connectivity index (χ2n) is 7.76. The molecule has 0 saturated carbocycles. The molecule has 0 aliphatic rings. The quantitative estimate of drug-likeness (QED) is 0.396. The van der Waals surface area contributed by atoms with Gasteiger partial charge in [-0.25, -0.2) is 0 Å². The number of hydrogen-bond acceptors (Lipinski definition) is 4. The Balaban J connectivity index is 1.56. The van der Waals surface area contributed by atoms with E-state index in [4.69, 9.17) is 9.47 Å². The summed E-state index contributed by atoms with van der Waals surface area (Å²) in [5.41, 5.74) is 2.96. The zero-order chi connectivity index (χ0) is 22.7. The predicted octanol–water partition coefficient (Wildman–Crippen LogP) is 4.79. The number of carbonyl (C=O) groups is 2. The van der Waals surface area contributed by atoms with Gasteiger partial charge in [0.15, 0.2) is 6.10 Å². The molecule has 1 atom stereocenters. The molecule has 0 N–H and O–H groups in total. The SMILES string of the molecule is CC(=O)OC(COc1ccc(N(C)C(C)=O)cc1)Cn1c2ccccc2c2ccccc21. The molecule has 3 aromatic carbocycles. The molecule has 4 rings (SSSR count). The summed E-state index contributed by atoms with van der Waals surface area (Å²) in [5, 5.41) is 2.33. The molecule has 0 aliphatic carbocycles. The minimum Gasteiger partial charge on any atom is -0.490 e. The van der Waals surface area contributed by atoms with Gasteiger partial charge in [0, 0.05) is 48.4 Å². The van der Waals surface area contributed by atoms with Crippen LogP contribution in [0.1, 0.15) is 13.8 Å².